The molecule has 0 fully saturated rings. The van der Waals surface area contributed by atoms with E-state index in [2.05, 4.69) is 10.3 Å². The van der Waals surface area contributed by atoms with Gasteiger partial charge in [-0.05, 0) is 38.0 Å². The summed E-state index contributed by atoms with van der Waals surface area (Å²) in [5.74, 6) is -0.643. The lowest BCUT2D eigenvalue weighted by Crippen LogP contribution is -2.45. The number of nitrogens with one attached hydrogen (secondary N) is 2. The minimum Gasteiger partial charge on any atom is -0.379 e. The quantitative estimate of drug-likeness (QED) is 0.568. The van der Waals surface area contributed by atoms with Crippen molar-refractivity contribution >= 4 is 22.7 Å². The van der Waals surface area contributed by atoms with E-state index in [9.17, 15) is 9.59 Å². The van der Waals surface area contributed by atoms with E-state index in [-0.39, 0.29) is 17.9 Å². The Labute approximate surface area is 182 Å². The van der Waals surface area contributed by atoms with Gasteiger partial charge in [-0.25, -0.2) is 0 Å². The lowest BCUT2D eigenvalue weighted by atomic mass is 9.79. The summed E-state index contributed by atoms with van der Waals surface area (Å²) in [7, 11) is 1.78. The molecule has 162 valence electrons. The van der Waals surface area contributed by atoms with Gasteiger partial charge in [0.15, 0.2) is 0 Å². The number of para-hydroxylation sites is 1. The van der Waals surface area contributed by atoms with Crippen LogP contribution in [0.4, 0.5) is 0 Å². The number of benzene rings is 2. The number of fused-ring (bicyclic) bond motifs is 2. The Morgan fingerprint density at radius 2 is 1.87 bits per heavy atom. The average molecular weight is 420 g/mol. The highest BCUT2D eigenvalue weighted by atomic mass is 16.5. The van der Waals surface area contributed by atoms with Crippen LogP contribution in [0.15, 0.2) is 54.7 Å². The second-order valence-electron chi connectivity index (χ2n) is 8.28. The van der Waals surface area contributed by atoms with E-state index < -0.39 is 12.0 Å². The van der Waals surface area contributed by atoms with Gasteiger partial charge in [0.05, 0.1) is 18.1 Å². The first kappa shape index (κ1) is 21.1. The molecule has 0 bridgehead atoms. The Hall–Kier alpha value is -3.12. The zero-order chi connectivity index (χ0) is 22.0. The van der Waals surface area contributed by atoms with Gasteiger partial charge in [0, 0.05) is 48.4 Å². The maximum absolute atomic E-state index is 13.5. The smallest absolute Gasteiger partial charge is 0.254 e. The zero-order valence-corrected chi connectivity index (χ0v) is 18.2. The molecule has 2 atom stereocenters. The first-order chi connectivity index (χ1) is 15.0. The van der Waals surface area contributed by atoms with Gasteiger partial charge in [0.1, 0.15) is 0 Å². The van der Waals surface area contributed by atoms with Gasteiger partial charge in [-0.2, -0.15) is 0 Å². The van der Waals surface area contributed by atoms with Crippen LogP contribution in [0.5, 0.6) is 0 Å². The van der Waals surface area contributed by atoms with Crippen molar-refractivity contribution in [3.05, 3.63) is 71.4 Å². The number of hydrogen-bond acceptors (Lipinski definition) is 3. The minimum absolute atomic E-state index is 0.0692. The molecule has 0 saturated carbocycles. The second kappa shape index (κ2) is 8.94. The number of likely N-dealkylation sites (N-methyl/N-ethyl adjacent to an activating group) is 1. The molecule has 1 aliphatic rings. The van der Waals surface area contributed by atoms with Crippen LogP contribution in [0.25, 0.3) is 10.9 Å². The van der Waals surface area contributed by atoms with E-state index in [0.717, 1.165) is 28.5 Å². The van der Waals surface area contributed by atoms with Crippen LogP contribution in [0.2, 0.25) is 0 Å². The van der Waals surface area contributed by atoms with Crippen LogP contribution >= 0.6 is 0 Å². The summed E-state index contributed by atoms with van der Waals surface area (Å²) in [5.41, 5.74) is 3.30. The number of aromatic nitrogens is 1. The Bertz CT molecular complexity index is 1090. The van der Waals surface area contributed by atoms with Crippen LogP contribution in [0.3, 0.4) is 0 Å². The van der Waals surface area contributed by atoms with Crippen molar-refractivity contribution in [1.29, 1.82) is 0 Å². The predicted octanol–water partition coefficient (Wildman–Crippen LogP) is 4.01. The van der Waals surface area contributed by atoms with Gasteiger partial charge in [0.2, 0.25) is 5.91 Å². The molecule has 2 heterocycles. The lowest BCUT2D eigenvalue weighted by Gasteiger charge is -2.39. The highest BCUT2D eigenvalue weighted by molar-refractivity contribution is 6.02. The molecule has 31 heavy (non-hydrogen) atoms. The monoisotopic (exact) mass is 419 g/mol. The fraction of sp³-hybridized carbons (Fsp3) is 0.360. The summed E-state index contributed by atoms with van der Waals surface area (Å²) in [6, 6.07) is 15.0. The maximum atomic E-state index is 13.5. The Morgan fingerprint density at radius 1 is 1.13 bits per heavy atom. The van der Waals surface area contributed by atoms with E-state index in [1.807, 2.05) is 62.5 Å². The van der Waals surface area contributed by atoms with E-state index in [1.54, 1.807) is 18.0 Å². The molecule has 2 N–H and O–H groups in total. The molecule has 2 aromatic carbocycles. The topological polar surface area (TPSA) is 74.4 Å². The van der Waals surface area contributed by atoms with Gasteiger partial charge in [-0.3, -0.25) is 9.59 Å². The summed E-state index contributed by atoms with van der Waals surface area (Å²) in [6.45, 7) is 5.12. The van der Waals surface area contributed by atoms with E-state index in [4.69, 9.17) is 4.74 Å². The van der Waals surface area contributed by atoms with Crippen LogP contribution < -0.4 is 5.32 Å². The number of aromatic amines is 1. The second-order valence-corrected chi connectivity index (χ2v) is 8.28. The fourth-order valence-corrected chi connectivity index (χ4v) is 4.40. The molecule has 1 aliphatic heterocycles. The predicted molar refractivity (Wildman–Crippen MR) is 121 cm³/mol. The summed E-state index contributed by atoms with van der Waals surface area (Å²) < 4.78 is 5.58. The van der Waals surface area contributed by atoms with Gasteiger partial charge < -0.3 is 19.9 Å². The lowest BCUT2D eigenvalue weighted by molar-refractivity contribution is -0.124. The van der Waals surface area contributed by atoms with Crippen molar-refractivity contribution in [3.8, 4) is 0 Å². The highest BCUT2D eigenvalue weighted by Crippen LogP contribution is 2.44. The number of nitrogens with zero attached hydrogens (tertiary/aromatic N) is 1. The first-order valence-corrected chi connectivity index (χ1v) is 10.8. The third-order valence-electron chi connectivity index (χ3n) is 5.87. The van der Waals surface area contributed by atoms with Crippen LogP contribution in [0, 0.1) is 0 Å². The third-order valence-corrected chi connectivity index (χ3v) is 5.87. The van der Waals surface area contributed by atoms with Crippen LogP contribution in [-0.2, 0) is 9.53 Å². The zero-order valence-electron chi connectivity index (χ0n) is 18.2. The SMILES string of the molecule is CC(C)OCCCNC(=O)C1c2ccccc2C(=O)N(C)C1c1c[nH]c2ccccc12. The summed E-state index contributed by atoms with van der Waals surface area (Å²) in [4.78, 5) is 31.6. The van der Waals surface area contributed by atoms with Crippen molar-refractivity contribution in [1.82, 2.24) is 15.2 Å². The number of rotatable bonds is 7. The molecule has 0 spiro atoms. The van der Waals surface area contributed by atoms with E-state index in [1.165, 1.54) is 0 Å². The van der Waals surface area contributed by atoms with Crippen molar-refractivity contribution in [2.75, 3.05) is 20.2 Å². The standard InChI is InChI=1S/C25H29N3O3/c1-16(2)31-14-8-13-26-24(29)22-18-10-4-5-11-19(18)25(30)28(3)23(22)20-15-27-21-12-7-6-9-17(20)21/h4-7,9-12,15-16,22-23,27H,8,13-14H2,1-3H3,(H,26,29). The molecule has 6 nitrogen and oxygen atoms in total. The van der Waals surface area contributed by atoms with Gasteiger partial charge in [-0.1, -0.05) is 36.4 Å². The molecule has 1 aromatic heterocycles. The molecular weight excluding hydrogens is 390 g/mol. The number of carbonyl (C=O) groups is 2. The molecule has 2 amide bonds. The van der Waals surface area contributed by atoms with Crippen LogP contribution in [-0.4, -0.2) is 48.0 Å². The molecule has 4 rings (SSSR count). The van der Waals surface area contributed by atoms with Gasteiger partial charge >= 0.3 is 0 Å². The molecule has 0 radical (unpaired) electrons. The number of H-pyrrole nitrogens is 1. The van der Waals surface area contributed by atoms with Gasteiger partial charge in [0.25, 0.3) is 5.91 Å². The largest absolute Gasteiger partial charge is 0.379 e. The Kier molecular flexibility index (Phi) is 6.09. The summed E-state index contributed by atoms with van der Waals surface area (Å²) in [6.07, 6.45) is 2.83. The van der Waals surface area contributed by atoms with Crippen molar-refractivity contribution < 1.29 is 14.3 Å². The summed E-state index contributed by atoms with van der Waals surface area (Å²) >= 11 is 0. The third kappa shape index (κ3) is 4.08. The minimum atomic E-state index is -0.496. The van der Waals surface area contributed by atoms with Gasteiger partial charge in [-0.15, -0.1) is 0 Å². The molecular formula is C25H29N3O3. The molecule has 0 aliphatic carbocycles. The molecule has 3 aromatic rings. The number of amides is 2. The van der Waals surface area contributed by atoms with Crippen molar-refractivity contribution in [2.45, 2.75) is 38.3 Å². The van der Waals surface area contributed by atoms with Crippen LogP contribution in [0.1, 0.15) is 53.7 Å². The number of ether oxygens (including phenoxy) is 1. The molecule has 2 unspecified atom stereocenters. The maximum Gasteiger partial charge on any atom is 0.254 e. The van der Waals surface area contributed by atoms with E-state index in [0.29, 0.717) is 18.7 Å². The highest BCUT2D eigenvalue weighted by Gasteiger charge is 2.43. The number of hydrogen-bond donors (Lipinski definition) is 2. The molecule has 0 saturated heterocycles. The van der Waals surface area contributed by atoms with Crippen molar-refractivity contribution in [3.63, 3.8) is 0 Å². The average Bonchev–Trinajstić information content (AvgIpc) is 3.19. The normalized spacial score (nSPS) is 18.5. The Balaban J connectivity index is 1.68. The molecule has 6 heteroatoms. The Morgan fingerprint density at radius 3 is 2.68 bits per heavy atom. The van der Waals surface area contributed by atoms with Crippen molar-refractivity contribution in [2.24, 2.45) is 0 Å². The van der Waals surface area contributed by atoms with E-state index >= 15 is 0 Å². The number of carbonyl (C=O) groups excluding carboxylic acids is 2. The first-order valence-electron chi connectivity index (χ1n) is 10.8. The summed E-state index contributed by atoms with van der Waals surface area (Å²) in [5, 5.41) is 4.10. The fourth-order valence-electron chi connectivity index (χ4n) is 4.40.